The molecule has 0 unspecified atom stereocenters. The summed E-state index contributed by atoms with van der Waals surface area (Å²) in [6.07, 6.45) is 0. The zero-order valence-corrected chi connectivity index (χ0v) is 10.9. The Bertz CT molecular complexity index is 682. The van der Waals surface area contributed by atoms with E-state index in [2.05, 4.69) is 10.3 Å². The van der Waals surface area contributed by atoms with Gasteiger partial charge < -0.3 is 11.1 Å². The molecule has 1 aromatic heterocycles. The van der Waals surface area contributed by atoms with Crippen molar-refractivity contribution in [2.24, 2.45) is 0 Å². The van der Waals surface area contributed by atoms with Gasteiger partial charge in [0.05, 0.1) is 21.3 Å². The fraction of sp³-hybridized carbons (Fsp3) is 0. The van der Waals surface area contributed by atoms with E-state index in [9.17, 15) is 4.39 Å². The van der Waals surface area contributed by atoms with Gasteiger partial charge in [-0.1, -0.05) is 23.2 Å². The summed E-state index contributed by atoms with van der Waals surface area (Å²) in [4.78, 5) is 3.96. The van der Waals surface area contributed by atoms with E-state index >= 15 is 0 Å². The molecule has 0 aliphatic carbocycles. The monoisotopic (exact) mass is 296 g/mol. The van der Waals surface area contributed by atoms with Crippen molar-refractivity contribution in [2.45, 2.75) is 0 Å². The highest BCUT2D eigenvalue weighted by atomic mass is 35.5. The molecule has 1 aromatic carbocycles. The third-order valence-corrected chi connectivity index (χ3v) is 2.90. The summed E-state index contributed by atoms with van der Waals surface area (Å²) in [5.74, 6) is -0.155. The average Bonchev–Trinajstić information content (AvgIpc) is 2.37. The van der Waals surface area contributed by atoms with Gasteiger partial charge in [-0.05, 0) is 24.3 Å². The number of hydrogen-bond acceptors (Lipinski definition) is 4. The number of rotatable bonds is 2. The Morgan fingerprint density at radius 1 is 1.26 bits per heavy atom. The third-order valence-electron chi connectivity index (χ3n) is 2.31. The zero-order chi connectivity index (χ0) is 14.0. The van der Waals surface area contributed by atoms with E-state index in [4.69, 9.17) is 34.2 Å². The standard InChI is InChI=1S/C12H7Cl2FN4/c13-8-4-9(14)12(19-11(8)17)18-10-2-1-7(15)3-6(10)5-16/h1-4H,(H3,17,18,19). The fourth-order valence-electron chi connectivity index (χ4n) is 1.41. The van der Waals surface area contributed by atoms with E-state index in [0.717, 1.165) is 6.07 Å². The minimum atomic E-state index is -0.503. The lowest BCUT2D eigenvalue weighted by Gasteiger charge is -2.10. The van der Waals surface area contributed by atoms with E-state index in [-0.39, 0.29) is 27.2 Å². The zero-order valence-electron chi connectivity index (χ0n) is 9.42. The first kappa shape index (κ1) is 13.4. The molecular formula is C12H7Cl2FN4. The maximum atomic E-state index is 13.0. The quantitative estimate of drug-likeness (QED) is 0.885. The van der Waals surface area contributed by atoms with Crippen LogP contribution in [0.4, 0.5) is 21.7 Å². The van der Waals surface area contributed by atoms with Crippen LogP contribution in [0.25, 0.3) is 0 Å². The second-order valence-electron chi connectivity index (χ2n) is 3.61. The lowest BCUT2D eigenvalue weighted by atomic mass is 10.2. The molecule has 0 saturated heterocycles. The maximum Gasteiger partial charge on any atom is 0.151 e. The molecule has 0 atom stereocenters. The van der Waals surface area contributed by atoms with Gasteiger partial charge in [-0.25, -0.2) is 9.37 Å². The molecule has 96 valence electrons. The molecular weight excluding hydrogens is 290 g/mol. The smallest absolute Gasteiger partial charge is 0.151 e. The summed E-state index contributed by atoms with van der Waals surface area (Å²) >= 11 is 11.7. The number of nitriles is 1. The molecule has 0 spiro atoms. The molecule has 2 rings (SSSR count). The highest BCUT2D eigenvalue weighted by molar-refractivity contribution is 6.37. The molecule has 7 heteroatoms. The number of nitrogens with one attached hydrogen (secondary N) is 1. The van der Waals surface area contributed by atoms with Crippen LogP contribution in [0.2, 0.25) is 10.0 Å². The van der Waals surface area contributed by atoms with Crippen molar-refractivity contribution in [3.8, 4) is 6.07 Å². The number of aromatic nitrogens is 1. The average molecular weight is 297 g/mol. The van der Waals surface area contributed by atoms with Crippen LogP contribution in [-0.4, -0.2) is 4.98 Å². The van der Waals surface area contributed by atoms with E-state index in [0.29, 0.717) is 5.69 Å². The fourth-order valence-corrected chi connectivity index (χ4v) is 1.82. The topological polar surface area (TPSA) is 74.7 Å². The number of nitrogens with zero attached hydrogens (tertiary/aromatic N) is 2. The molecule has 0 bridgehead atoms. The lowest BCUT2D eigenvalue weighted by Crippen LogP contribution is -2.00. The molecule has 0 amide bonds. The summed E-state index contributed by atoms with van der Waals surface area (Å²) in [6.45, 7) is 0. The Kier molecular flexibility index (Phi) is 3.74. The Morgan fingerprint density at radius 2 is 2.00 bits per heavy atom. The number of nitrogen functional groups attached to an aromatic ring is 1. The van der Waals surface area contributed by atoms with Crippen LogP contribution >= 0.6 is 23.2 Å². The summed E-state index contributed by atoms with van der Waals surface area (Å²) in [6, 6.07) is 7.04. The molecule has 0 aliphatic heterocycles. The van der Waals surface area contributed by atoms with Crippen LogP contribution in [0.15, 0.2) is 24.3 Å². The normalized spacial score (nSPS) is 10.0. The van der Waals surface area contributed by atoms with Gasteiger partial charge in [-0.2, -0.15) is 5.26 Å². The van der Waals surface area contributed by atoms with Crippen LogP contribution in [-0.2, 0) is 0 Å². The number of pyridine rings is 1. The minimum Gasteiger partial charge on any atom is -0.382 e. The molecule has 4 nitrogen and oxygen atoms in total. The van der Waals surface area contributed by atoms with Crippen molar-refractivity contribution in [3.63, 3.8) is 0 Å². The molecule has 0 saturated carbocycles. The number of nitrogens with two attached hydrogens (primary N) is 1. The Hall–Kier alpha value is -2.03. The highest BCUT2D eigenvalue weighted by Gasteiger charge is 2.10. The molecule has 19 heavy (non-hydrogen) atoms. The number of anilines is 3. The summed E-state index contributed by atoms with van der Waals surface area (Å²) in [5, 5.41) is 12.2. The second-order valence-corrected chi connectivity index (χ2v) is 4.43. The van der Waals surface area contributed by atoms with Crippen LogP contribution in [0.3, 0.4) is 0 Å². The van der Waals surface area contributed by atoms with Crippen LogP contribution in [0.1, 0.15) is 5.56 Å². The van der Waals surface area contributed by atoms with Gasteiger partial charge in [-0.15, -0.1) is 0 Å². The molecule has 0 aliphatic rings. The number of hydrogen-bond donors (Lipinski definition) is 2. The Morgan fingerprint density at radius 3 is 2.68 bits per heavy atom. The van der Waals surface area contributed by atoms with Crippen LogP contribution in [0, 0.1) is 17.1 Å². The summed E-state index contributed by atoms with van der Waals surface area (Å²) < 4.78 is 13.0. The molecule has 1 heterocycles. The van der Waals surface area contributed by atoms with Crippen molar-refractivity contribution in [3.05, 3.63) is 45.7 Å². The first-order valence-electron chi connectivity index (χ1n) is 5.09. The minimum absolute atomic E-state index is 0.106. The van der Waals surface area contributed by atoms with Crippen molar-refractivity contribution in [1.82, 2.24) is 4.98 Å². The van der Waals surface area contributed by atoms with Crippen LogP contribution < -0.4 is 11.1 Å². The Balaban J connectivity index is 2.42. The van der Waals surface area contributed by atoms with Gasteiger partial charge in [0.1, 0.15) is 17.7 Å². The van der Waals surface area contributed by atoms with Crippen molar-refractivity contribution >= 4 is 40.5 Å². The second kappa shape index (κ2) is 5.31. The maximum absolute atomic E-state index is 13.0. The molecule has 0 radical (unpaired) electrons. The summed E-state index contributed by atoms with van der Waals surface area (Å²) in [7, 11) is 0. The first-order chi connectivity index (χ1) is 9.01. The van der Waals surface area contributed by atoms with Gasteiger partial charge in [0, 0.05) is 0 Å². The molecule has 2 aromatic rings. The largest absolute Gasteiger partial charge is 0.382 e. The van der Waals surface area contributed by atoms with Gasteiger partial charge in [0.15, 0.2) is 5.82 Å². The third kappa shape index (κ3) is 2.87. The van der Waals surface area contributed by atoms with E-state index < -0.39 is 5.82 Å². The summed E-state index contributed by atoms with van der Waals surface area (Å²) in [5.41, 5.74) is 6.08. The lowest BCUT2D eigenvalue weighted by molar-refractivity contribution is 0.627. The van der Waals surface area contributed by atoms with Crippen molar-refractivity contribution < 1.29 is 4.39 Å². The SMILES string of the molecule is N#Cc1cc(F)ccc1Nc1nc(N)c(Cl)cc1Cl. The molecule has 0 fully saturated rings. The predicted molar refractivity (Wildman–Crippen MR) is 73.1 cm³/mol. The first-order valence-corrected chi connectivity index (χ1v) is 5.85. The molecule has 3 N–H and O–H groups in total. The number of benzene rings is 1. The predicted octanol–water partition coefficient (Wildman–Crippen LogP) is 3.72. The van der Waals surface area contributed by atoms with Crippen LogP contribution in [0.5, 0.6) is 0 Å². The van der Waals surface area contributed by atoms with Crippen molar-refractivity contribution in [2.75, 3.05) is 11.1 Å². The van der Waals surface area contributed by atoms with Gasteiger partial charge in [-0.3, -0.25) is 0 Å². The Labute approximate surface area is 118 Å². The highest BCUT2D eigenvalue weighted by Crippen LogP contribution is 2.30. The van der Waals surface area contributed by atoms with E-state index in [1.54, 1.807) is 0 Å². The van der Waals surface area contributed by atoms with E-state index in [1.165, 1.54) is 18.2 Å². The van der Waals surface area contributed by atoms with Gasteiger partial charge in [0.2, 0.25) is 0 Å². The van der Waals surface area contributed by atoms with Gasteiger partial charge in [0.25, 0.3) is 0 Å². The van der Waals surface area contributed by atoms with E-state index in [1.807, 2.05) is 6.07 Å². The van der Waals surface area contributed by atoms with Crippen molar-refractivity contribution in [1.29, 1.82) is 5.26 Å². The van der Waals surface area contributed by atoms with Gasteiger partial charge >= 0.3 is 0 Å². The number of halogens is 3.